The number of fused-ring (bicyclic) bond motifs is 3. The molecule has 0 radical (unpaired) electrons. The topological polar surface area (TPSA) is 84.7 Å². The fraction of sp³-hybridized carbons (Fsp3) is 0.300. The van der Waals surface area contributed by atoms with Crippen LogP contribution in [0.15, 0.2) is 53.4 Å². The number of hydrogen-bond donors (Lipinski definition) is 0. The standard InChI is InChI=1S/C20H20N4O4S/c25-19(24-9-8-23-18-7-2-1-6-17(18)21-20(23)24)15-4-3-5-16(14-15)29(26,27)22-10-12-28-13-11-22/h1-7,14H,8-13H2. The zero-order chi connectivity index (χ0) is 20.0. The Balaban J connectivity index is 1.47. The summed E-state index contributed by atoms with van der Waals surface area (Å²) in [6.07, 6.45) is 0. The summed E-state index contributed by atoms with van der Waals surface area (Å²) in [4.78, 5) is 19.5. The van der Waals surface area contributed by atoms with Gasteiger partial charge in [-0.3, -0.25) is 9.69 Å². The summed E-state index contributed by atoms with van der Waals surface area (Å²) in [6, 6.07) is 14.0. The van der Waals surface area contributed by atoms with Crippen molar-refractivity contribution in [2.24, 2.45) is 0 Å². The Bertz CT molecular complexity index is 1200. The van der Waals surface area contributed by atoms with E-state index in [0.717, 1.165) is 11.0 Å². The van der Waals surface area contributed by atoms with Crippen molar-refractivity contribution in [3.05, 3.63) is 54.1 Å². The van der Waals surface area contributed by atoms with Crippen LogP contribution in [0.3, 0.4) is 0 Å². The Morgan fingerprint density at radius 2 is 1.76 bits per heavy atom. The minimum absolute atomic E-state index is 0.123. The molecule has 8 nitrogen and oxygen atoms in total. The van der Waals surface area contributed by atoms with Gasteiger partial charge in [0.2, 0.25) is 16.0 Å². The molecule has 0 aliphatic carbocycles. The van der Waals surface area contributed by atoms with Crippen molar-refractivity contribution in [3.63, 3.8) is 0 Å². The molecule has 9 heteroatoms. The highest BCUT2D eigenvalue weighted by Crippen LogP contribution is 2.29. The highest BCUT2D eigenvalue weighted by Gasteiger charge is 2.31. The van der Waals surface area contributed by atoms with Crippen molar-refractivity contribution in [2.45, 2.75) is 11.4 Å². The highest BCUT2D eigenvalue weighted by atomic mass is 32.2. The summed E-state index contributed by atoms with van der Waals surface area (Å²) in [7, 11) is -3.66. The lowest BCUT2D eigenvalue weighted by Gasteiger charge is -2.26. The molecular formula is C20H20N4O4S. The van der Waals surface area contributed by atoms with Gasteiger partial charge in [0.25, 0.3) is 5.91 Å². The van der Waals surface area contributed by atoms with Gasteiger partial charge in [-0.05, 0) is 30.3 Å². The fourth-order valence-corrected chi connectivity index (χ4v) is 5.32. The Kier molecular flexibility index (Phi) is 4.38. The lowest BCUT2D eigenvalue weighted by Crippen LogP contribution is -2.40. The van der Waals surface area contributed by atoms with E-state index in [1.54, 1.807) is 17.0 Å². The van der Waals surface area contributed by atoms with Gasteiger partial charge >= 0.3 is 0 Å². The molecule has 1 saturated heterocycles. The molecule has 3 aromatic rings. The monoisotopic (exact) mass is 412 g/mol. The number of para-hydroxylation sites is 2. The molecule has 2 aliphatic rings. The SMILES string of the molecule is O=C(c1cccc(S(=O)(=O)N2CCOCC2)c1)N1CCn2c1nc1ccccc12. The molecule has 0 spiro atoms. The van der Waals surface area contributed by atoms with Crippen LogP contribution in [-0.2, 0) is 21.3 Å². The molecule has 1 aromatic heterocycles. The maximum absolute atomic E-state index is 13.2. The van der Waals surface area contributed by atoms with Crippen molar-refractivity contribution in [2.75, 3.05) is 37.7 Å². The van der Waals surface area contributed by atoms with Crippen LogP contribution < -0.4 is 4.90 Å². The number of aromatic nitrogens is 2. The number of nitrogens with zero attached hydrogens (tertiary/aromatic N) is 4. The van der Waals surface area contributed by atoms with E-state index in [2.05, 4.69) is 4.98 Å². The van der Waals surface area contributed by atoms with Gasteiger partial charge in [-0.25, -0.2) is 13.4 Å². The molecule has 0 bridgehead atoms. The molecule has 29 heavy (non-hydrogen) atoms. The van der Waals surface area contributed by atoms with E-state index in [1.165, 1.54) is 16.4 Å². The molecule has 0 saturated carbocycles. The van der Waals surface area contributed by atoms with E-state index in [0.29, 0.717) is 50.9 Å². The summed E-state index contributed by atoms with van der Waals surface area (Å²) in [6.45, 7) is 2.55. The molecule has 1 fully saturated rings. The number of morpholine rings is 1. The number of carbonyl (C=O) groups excluding carboxylic acids is 1. The number of carbonyl (C=O) groups is 1. The molecule has 3 heterocycles. The Morgan fingerprint density at radius 3 is 2.59 bits per heavy atom. The first-order valence-electron chi connectivity index (χ1n) is 9.51. The second kappa shape index (κ2) is 6.94. The van der Waals surface area contributed by atoms with Crippen LogP contribution in [0.25, 0.3) is 11.0 Å². The van der Waals surface area contributed by atoms with Crippen LogP contribution in [-0.4, -0.2) is 61.0 Å². The third-order valence-electron chi connectivity index (χ3n) is 5.36. The molecule has 150 valence electrons. The number of rotatable bonds is 3. The van der Waals surface area contributed by atoms with Crippen LogP contribution in [0, 0.1) is 0 Å². The number of anilines is 1. The lowest BCUT2D eigenvalue weighted by atomic mass is 10.2. The number of amides is 1. The minimum Gasteiger partial charge on any atom is -0.379 e. The third-order valence-corrected chi connectivity index (χ3v) is 7.25. The normalized spacial score (nSPS) is 17.6. The van der Waals surface area contributed by atoms with Gasteiger partial charge in [0.05, 0.1) is 29.1 Å². The van der Waals surface area contributed by atoms with E-state index in [4.69, 9.17) is 4.74 Å². The number of imidazole rings is 1. The van der Waals surface area contributed by atoms with Crippen molar-refractivity contribution < 1.29 is 17.9 Å². The van der Waals surface area contributed by atoms with Gasteiger partial charge in [-0.1, -0.05) is 18.2 Å². The van der Waals surface area contributed by atoms with Gasteiger partial charge in [-0.2, -0.15) is 4.31 Å². The first kappa shape index (κ1) is 18.3. The molecule has 2 aromatic carbocycles. The molecule has 0 unspecified atom stereocenters. The summed E-state index contributed by atoms with van der Waals surface area (Å²) >= 11 is 0. The zero-order valence-electron chi connectivity index (χ0n) is 15.7. The van der Waals surface area contributed by atoms with Crippen molar-refractivity contribution in [3.8, 4) is 0 Å². The molecule has 0 atom stereocenters. The Morgan fingerprint density at radius 1 is 0.966 bits per heavy atom. The summed E-state index contributed by atoms with van der Waals surface area (Å²) in [5, 5.41) is 0. The van der Waals surface area contributed by atoms with Crippen molar-refractivity contribution in [1.82, 2.24) is 13.9 Å². The molecule has 2 aliphatic heterocycles. The maximum Gasteiger partial charge on any atom is 0.260 e. The van der Waals surface area contributed by atoms with E-state index in [9.17, 15) is 13.2 Å². The van der Waals surface area contributed by atoms with E-state index in [-0.39, 0.29) is 10.8 Å². The average Bonchev–Trinajstić information content (AvgIpc) is 3.33. The minimum atomic E-state index is -3.66. The van der Waals surface area contributed by atoms with E-state index >= 15 is 0 Å². The van der Waals surface area contributed by atoms with Crippen LogP contribution >= 0.6 is 0 Å². The van der Waals surface area contributed by atoms with Crippen molar-refractivity contribution >= 4 is 32.9 Å². The fourth-order valence-electron chi connectivity index (χ4n) is 3.86. The summed E-state index contributed by atoms with van der Waals surface area (Å²) in [5.41, 5.74) is 2.16. The second-order valence-electron chi connectivity index (χ2n) is 7.05. The largest absolute Gasteiger partial charge is 0.379 e. The first-order chi connectivity index (χ1) is 14.1. The smallest absolute Gasteiger partial charge is 0.260 e. The second-order valence-corrected chi connectivity index (χ2v) is 8.99. The number of ether oxygens (including phenoxy) is 1. The van der Waals surface area contributed by atoms with Crippen LogP contribution in [0.2, 0.25) is 0 Å². The Labute approximate surface area is 168 Å². The lowest BCUT2D eigenvalue weighted by molar-refractivity contribution is 0.0730. The molecule has 5 rings (SSSR count). The molecular weight excluding hydrogens is 392 g/mol. The van der Waals surface area contributed by atoms with Crippen LogP contribution in [0.1, 0.15) is 10.4 Å². The van der Waals surface area contributed by atoms with Gasteiger partial charge in [0, 0.05) is 31.7 Å². The van der Waals surface area contributed by atoms with Gasteiger partial charge in [0.1, 0.15) is 0 Å². The number of hydrogen-bond acceptors (Lipinski definition) is 5. The quantitative estimate of drug-likeness (QED) is 0.654. The van der Waals surface area contributed by atoms with Crippen LogP contribution in [0.4, 0.5) is 5.95 Å². The highest BCUT2D eigenvalue weighted by molar-refractivity contribution is 7.89. The van der Waals surface area contributed by atoms with Crippen molar-refractivity contribution in [1.29, 1.82) is 0 Å². The average molecular weight is 412 g/mol. The Hall–Kier alpha value is -2.75. The van der Waals surface area contributed by atoms with E-state index in [1.807, 2.05) is 28.8 Å². The number of benzene rings is 2. The zero-order valence-corrected chi connectivity index (χ0v) is 16.5. The number of sulfonamides is 1. The van der Waals surface area contributed by atoms with Gasteiger partial charge < -0.3 is 9.30 Å². The molecule has 1 amide bonds. The predicted molar refractivity (Wildman–Crippen MR) is 107 cm³/mol. The summed E-state index contributed by atoms with van der Waals surface area (Å²) in [5.74, 6) is 0.343. The van der Waals surface area contributed by atoms with Crippen LogP contribution in [0.5, 0.6) is 0 Å². The maximum atomic E-state index is 13.2. The van der Waals surface area contributed by atoms with Gasteiger partial charge in [-0.15, -0.1) is 0 Å². The van der Waals surface area contributed by atoms with Gasteiger partial charge in [0.15, 0.2) is 0 Å². The predicted octanol–water partition coefficient (Wildman–Crippen LogP) is 1.72. The van der Waals surface area contributed by atoms with E-state index < -0.39 is 10.0 Å². The molecule has 0 N–H and O–H groups in total. The third kappa shape index (κ3) is 3.02. The first-order valence-corrected chi connectivity index (χ1v) is 10.9. The summed E-state index contributed by atoms with van der Waals surface area (Å²) < 4.78 is 34.5.